The fourth-order valence-electron chi connectivity index (χ4n) is 9.47. The van der Waals surface area contributed by atoms with Gasteiger partial charge in [-0.1, -0.05) is 134 Å². The lowest BCUT2D eigenvalue weighted by molar-refractivity contribution is 0.359. The molecule has 4 aliphatic rings. The van der Waals surface area contributed by atoms with Gasteiger partial charge in [-0.05, 0) is 104 Å². The van der Waals surface area contributed by atoms with Gasteiger partial charge in [0.05, 0.1) is 16.0 Å². The van der Waals surface area contributed by atoms with Crippen molar-refractivity contribution < 1.29 is 9.47 Å². The largest absolute Gasteiger partial charge is 0.449 e. The standard InChI is InChI=1S/C50H29NO2S/c54-49-37-18-5-4-14-33(37)39-26-31(22-24-38(39)49)51(30-12-2-1-3-13-30)32-23-25-45-46(27-32)53-48-29-44-40(28-47(48)52-45)36-17-8-11-21-43(36)50(44)41-19-9-6-15-34(41)35-16-7-10-20-42(35)50/h1-29H. The molecule has 8 aromatic rings. The lowest BCUT2D eigenvalue weighted by Gasteiger charge is -2.31. The van der Waals surface area contributed by atoms with Gasteiger partial charge in [0.15, 0.2) is 23.0 Å². The van der Waals surface area contributed by atoms with Crippen LogP contribution in [0.25, 0.3) is 33.4 Å². The predicted octanol–water partition coefficient (Wildman–Crippen LogP) is 13.1. The highest BCUT2D eigenvalue weighted by Crippen LogP contribution is 2.64. The van der Waals surface area contributed by atoms with E-state index in [0.717, 1.165) is 38.6 Å². The molecule has 54 heavy (non-hydrogen) atoms. The maximum atomic E-state index is 6.91. The highest BCUT2D eigenvalue weighted by molar-refractivity contribution is 7.81. The summed E-state index contributed by atoms with van der Waals surface area (Å²) in [5, 5.41) is 0. The van der Waals surface area contributed by atoms with Crippen LogP contribution < -0.4 is 14.4 Å². The molecule has 3 aliphatic carbocycles. The predicted molar refractivity (Wildman–Crippen MR) is 220 cm³/mol. The highest BCUT2D eigenvalue weighted by Gasteiger charge is 2.52. The Morgan fingerprint density at radius 1 is 0.333 bits per heavy atom. The van der Waals surface area contributed by atoms with Gasteiger partial charge in [-0.3, -0.25) is 0 Å². The molecule has 12 rings (SSSR count). The number of rotatable bonds is 3. The minimum absolute atomic E-state index is 0.460. The van der Waals surface area contributed by atoms with E-state index in [-0.39, 0.29) is 0 Å². The van der Waals surface area contributed by atoms with Crippen molar-refractivity contribution in [1.82, 2.24) is 0 Å². The smallest absolute Gasteiger partial charge is 0.172 e. The van der Waals surface area contributed by atoms with Gasteiger partial charge in [-0.25, -0.2) is 0 Å². The summed E-state index contributed by atoms with van der Waals surface area (Å²) in [4.78, 5) is 3.17. The second kappa shape index (κ2) is 10.9. The summed E-state index contributed by atoms with van der Waals surface area (Å²) in [5.74, 6) is 2.78. The molecule has 1 spiro atoms. The second-order valence-electron chi connectivity index (χ2n) is 14.3. The average molecular weight is 708 g/mol. The number of fused-ring (bicyclic) bond motifs is 15. The molecule has 3 nitrogen and oxygen atoms in total. The molecule has 1 aliphatic heterocycles. The van der Waals surface area contributed by atoms with Gasteiger partial charge in [0, 0.05) is 28.6 Å². The average Bonchev–Trinajstić information content (AvgIpc) is 3.80. The number of benzene rings is 8. The zero-order valence-electron chi connectivity index (χ0n) is 28.9. The van der Waals surface area contributed by atoms with Crippen LogP contribution in [0.1, 0.15) is 33.4 Å². The lowest BCUT2D eigenvalue weighted by atomic mass is 9.70. The van der Waals surface area contributed by atoms with Crippen LogP contribution in [0.2, 0.25) is 0 Å². The number of anilines is 3. The summed E-state index contributed by atoms with van der Waals surface area (Å²) >= 11 is 5.90. The molecular formula is C50H29NO2S. The summed E-state index contributed by atoms with van der Waals surface area (Å²) in [6.45, 7) is 0. The van der Waals surface area contributed by atoms with Crippen LogP contribution in [0.3, 0.4) is 0 Å². The number of hydrogen-bond donors (Lipinski definition) is 0. The van der Waals surface area contributed by atoms with E-state index < -0.39 is 5.41 Å². The van der Waals surface area contributed by atoms with Crippen molar-refractivity contribution in [3.63, 3.8) is 0 Å². The summed E-state index contributed by atoms with van der Waals surface area (Å²) < 4.78 is 13.6. The molecule has 0 saturated carbocycles. The monoisotopic (exact) mass is 707 g/mol. The first kappa shape index (κ1) is 29.8. The number of nitrogens with zero attached hydrogens (tertiary/aromatic N) is 1. The van der Waals surface area contributed by atoms with Crippen molar-refractivity contribution in [2.45, 2.75) is 5.41 Å². The Morgan fingerprint density at radius 2 is 0.833 bits per heavy atom. The van der Waals surface area contributed by atoms with E-state index in [9.17, 15) is 0 Å². The summed E-state index contributed by atoms with van der Waals surface area (Å²) in [6, 6.07) is 62.6. The molecule has 0 bridgehead atoms. The number of thiocarbonyl (C=S) groups is 1. The Bertz CT molecular complexity index is 2880. The van der Waals surface area contributed by atoms with Crippen molar-refractivity contribution in [1.29, 1.82) is 0 Å². The number of para-hydroxylation sites is 1. The van der Waals surface area contributed by atoms with E-state index in [1.54, 1.807) is 0 Å². The molecule has 0 fully saturated rings. The SMILES string of the molecule is S=C1c2ccccc2-c2cc(N(c3ccccc3)c3ccc4c(c3)Oc3cc5c(cc3O4)-c3ccccc3C53c4ccccc4-c4ccccc43)ccc21. The van der Waals surface area contributed by atoms with Crippen LogP contribution in [-0.2, 0) is 5.41 Å². The van der Waals surface area contributed by atoms with Gasteiger partial charge in [0.25, 0.3) is 0 Å². The van der Waals surface area contributed by atoms with Gasteiger partial charge in [-0.15, -0.1) is 0 Å². The fourth-order valence-corrected chi connectivity index (χ4v) is 9.83. The van der Waals surface area contributed by atoms with Crippen LogP contribution in [0, 0.1) is 0 Å². The fraction of sp³-hybridized carbons (Fsp3) is 0.0200. The Morgan fingerprint density at radius 3 is 1.54 bits per heavy atom. The molecule has 4 heteroatoms. The summed E-state index contributed by atoms with van der Waals surface area (Å²) in [6.07, 6.45) is 0. The number of hydrogen-bond acceptors (Lipinski definition) is 4. The Hall–Kier alpha value is -6.75. The lowest BCUT2D eigenvalue weighted by Crippen LogP contribution is -2.25. The van der Waals surface area contributed by atoms with Crippen molar-refractivity contribution in [2.75, 3.05) is 4.90 Å². The maximum Gasteiger partial charge on any atom is 0.172 e. The van der Waals surface area contributed by atoms with Crippen molar-refractivity contribution in [3.05, 3.63) is 209 Å². The molecule has 0 N–H and O–H groups in total. The van der Waals surface area contributed by atoms with Crippen molar-refractivity contribution >= 4 is 34.1 Å². The molecule has 0 radical (unpaired) electrons. The highest BCUT2D eigenvalue weighted by atomic mass is 32.1. The minimum atomic E-state index is -0.460. The van der Waals surface area contributed by atoms with Gasteiger partial charge >= 0.3 is 0 Å². The molecule has 1 heterocycles. The quantitative estimate of drug-likeness (QED) is 0.170. The molecule has 0 atom stereocenters. The molecule has 0 aromatic heterocycles. The Balaban J connectivity index is 1.00. The molecule has 0 saturated heterocycles. The Labute approximate surface area is 318 Å². The maximum absolute atomic E-state index is 6.91. The summed E-state index contributed by atoms with van der Waals surface area (Å²) in [5.41, 5.74) is 17.2. The van der Waals surface area contributed by atoms with E-state index in [2.05, 4.69) is 169 Å². The van der Waals surface area contributed by atoms with Gasteiger partial charge in [-0.2, -0.15) is 0 Å². The minimum Gasteiger partial charge on any atom is -0.449 e. The first-order chi connectivity index (χ1) is 26.7. The van der Waals surface area contributed by atoms with Crippen LogP contribution in [0.4, 0.5) is 17.1 Å². The molecule has 0 amide bonds. The van der Waals surface area contributed by atoms with E-state index >= 15 is 0 Å². The van der Waals surface area contributed by atoms with E-state index in [0.29, 0.717) is 23.0 Å². The topological polar surface area (TPSA) is 21.7 Å². The van der Waals surface area contributed by atoms with Crippen LogP contribution >= 0.6 is 12.2 Å². The summed E-state index contributed by atoms with van der Waals surface area (Å²) in [7, 11) is 0. The molecule has 0 unspecified atom stereocenters. The third kappa shape index (κ3) is 3.87. The van der Waals surface area contributed by atoms with Crippen molar-refractivity contribution in [2.24, 2.45) is 0 Å². The Kier molecular flexibility index (Phi) is 6.01. The van der Waals surface area contributed by atoms with Crippen LogP contribution in [0.5, 0.6) is 23.0 Å². The van der Waals surface area contributed by atoms with Gasteiger partial charge in [0.2, 0.25) is 0 Å². The molecular weight excluding hydrogens is 679 g/mol. The van der Waals surface area contributed by atoms with Crippen LogP contribution in [0.15, 0.2) is 176 Å². The van der Waals surface area contributed by atoms with Crippen LogP contribution in [-0.4, -0.2) is 4.86 Å². The normalized spacial score (nSPS) is 14.0. The zero-order chi connectivity index (χ0) is 35.5. The molecule has 252 valence electrons. The van der Waals surface area contributed by atoms with Gasteiger partial charge in [0.1, 0.15) is 0 Å². The van der Waals surface area contributed by atoms with E-state index in [4.69, 9.17) is 21.7 Å². The first-order valence-corrected chi connectivity index (χ1v) is 18.7. The third-order valence-corrected chi connectivity index (χ3v) is 12.1. The third-order valence-electron chi connectivity index (χ3n) is 11.7. The zero-order valence-corrected chi connectivity index (χ0v) is 29.7. The van der Waals surface area contributed by atoms with Gasteiger partial charge < -0.3 is 14.4 Å². The first-order valence-electron chi connectivity index (χ1n) is 18.3. The van der Waals surface area contributed by atoms with Crippen molar-refractivity contribution in [3.8, 4) is 56.4 Å². The second-order valence-corrected chi connectivity index (χ2v) is 14.8. The van der Waals surface area contributed by atoms with E-state index in [1.165, 1.54) is 50.1 Å². The number of ether oxygens (including phenoxy) is 2. The molecule has 8 aromatic carbocycles. The van der Waals surface area contributed by atoms with E-state index in [1.807, 2.05) is 12.1 Å².